The Hall–Kier alpha value is -2.71. The van der Waals surface area contributed by atoms with E-state index < -0.39 is 0 Å². The molecule has 1 fully saturated rings. The smallest absolute Gasteiger partial charge is 0.261 e. The molecule has 1 saturated heterocycles. The van der Waals surface area contributed by atoms with Crippen molar-refractivity contribution in [2.45, 2.75) is 25.7 Å². The molecule has 0 bridgehead atoms. The van der Waals surface area contributed by atoms with Crippen LogP contribution in [-0.2, 0) is 7.05 Å². The third kappa shape index (κ3) is 3.93. The highest BCUT2D eigenvalue weighted by molar-refractivity contribution is 6.04. The molecule has 0 atom stereocenters. The number of hydrogen-bond acceptors (Lipinski definition) is 5. The van der Waals surface area contributed by atoms with E-state index in [2.05, 4.69) is 25.8 Å². The summed E-state index contributed by atoms with van der Waals surface area (Å²) in [6, 6.07) is 9.74. The number of aromatic nitrogens is 5. The summed E-state index contributed by atoms with van der Waals surface area (Å²) in [6.07, 6.45) is 3.61. The van der Waals surface area contributed by atoms with Gasteiger partial charge in [-0.3, -0.25) is 10.1 Å². The zero-order chi connectivity index (χ0) is 18.8. The van der Waals surface area contributed by atoms with Gasteiger partial charge in [-0.1, -0.05) is 18.2 Å². The van der Waals surface area contributed by atoms with Gasteiger partial charge >= 0.3 is 0 Å². The normalized spacial score (nSPS) is 14.5. The van der Waals surface area contributed by atoms with Gasteiger partial charge in [0.25, 0.3) is 5.91 Å². The van der Waals surface area contributed by atoms with E-state index in [1.165, 1.54) is 0 Å². The Labute approximate surface area is 169 Å². The standard InChI is InChI=1S/C19H23N7O.ClH/c1-13-16(12-21-26(13)15-6-4-3-5-7-15)18(27)23-19-22-17(24-25(19)2)14-8-10-20-11-9-14;/h3-7,12,14,20H,8-11H2,1-2H3,(H,22,23,24,27);1H. The lowest BCUT2D eigenvalue weighted by atomic mass is 9.98. The summed E-state index contributed by atoms with van der Waals surface area (Å²) in [5.74, 6) is 1.36. The summed E-state index contributed by atoms with van der Waals surface area (Å²) in [6.45, 7) is 3.83. The molecule has 9 heteroatoms. The second-order valence-corrected chi connectivity index (χ2v) is 6.79. The topological polar surface area (TPSA) is 89.7 Å². The van der Waals surface area contributed by atoms with E-state index >= 15 is 0 Å². The first-order chi connectivity index (χ1) is 13.1. The van der Waals surface area contributed by atoms with Gasteiger partial charge in [-0.15, -0.1) is 12.4 Å². The number of anilines is 1. The molecular formula is C19H24ClN7O. The molecule has 3 heterocycles. The summed E-state index contributed by atoms with van der Waals surface area (Å²) < 4.78 is 3.39. The van der Waals surface area contributed by atoms with Crippen molar-refractivity contribution in [1.29, 1.82) is 0 Å². The Morgan fingerprint density at radius 2 is 1.93 bits per heavy atom. The van der Waals surface area contributed by atoms with Crippen LogP contribution in [0.5, 0.6) is 0 Å². The summed E-state index contributed by atoms with van der Waals surface area (Å²) in [5.41, 5.74) is 2.21. The summed E-state index contributed by atoms with van der Waals surface area (Å²) >= 11 is 0. The number of carbonyl (C=O) groups excluding carboxylic acids is 1. The molecule has 1 aliphatic rings. The molecule has 2 N–H and O–H groups in total. The molecule has 0 radical (unpaired) electrons. The van der Waals surface area contributed by atoms with Gasteiger partial charge in [-0.2, -0.15) is 15.2 Å². The molecule has 3 aromatic rings. The Morgan fingerprint density at radius 1 is 1.21 bits per heavy atom. The number of carbonyl (C=O) groups is 1. The number of para-hydroxylation sites is 1. The second kappa shape index (κ2) is 8.53. The molecule has 1 aliphatic heterocycles. The van der Waals surface area contributed by atoms with Crippen LogP contribution in [0.2, 0.25) is 0 Å². The molecule has 1 amide bonds. The third-order valence-corrected chi connectivity index (χ3v) is 4.96. The van der Waals surface area contributed by atoms with Crippen molar-refractivity contribution in [3.05, 3.63) is 53.6 Å². The van der Waals surface area contributed by atoms with Gasteiger partial charge in [0.15, 0.2) is 5.82 Å². The van der Waals surface area contributed by atoms with Crippen LogP contribution in [0, 0.1) is 6.92 Å². The minimum absolute atomic E-state index is 0. The van der Waals surface area contributed by atoms with Gasteiger partial charge in [0.05, 0.1) is 23.1 Å². The molecule has 0 aliphatic carbocycles. The number of rotatable bonds is 4. The van der Waals surface area contributed by atoms with Crippen molar-refractivity contribution in [1.82, 2.24) is 29.9 Å². The van der Waals surface area contributed by atoms with Crippen LogP contribution in [0.25, 0.3) is 5.69 Å². The van der Waals surface area contributed by atoms with Crippen molar-refractivity contribution in [3.63, 3.8) is 0 Å². The summed E-state index contributed by atoms with van der Waals surface area (Å²) in [4.78, 5) is 17.3. The Bertz CT molecular complexity index is 945. The van der Waals surface area contributed by atoms with Gasteiger partial charge in [0, 0.05) is 13.0 Å². The molecule has 0 spiro atoms. The Kier molecular flexibility index (Phi) is 6.11. The van der Waals surface area contributed by atoms with Gasteiger partial charge in [0.1, 0.15) is 0 Å². The van der Waals surface area contributed by atoms with Crippen molar-refractivity contribution in [3.8, 4) is 5.69 Å². The van der Waals surface area contributed by atoms with Crippen LogP contribution in [0.1, 0.15) is 40.6 Å². The van der Waals surface area contributed by atoms with Gasteiger partial charge < -0.3 is 5.32 Å². The van der Waals surface area contributed by atoms with E-state index in [9.17, 15) is 4.79 Å². The van der Waals surface area contributed by atoms with E-state index in [0.717, 1.165) is 43.1 Å². The molecule has 1 aromatic carbocycles. The maximum atomic E-state index is 12.8. The fourth-order valence-corrected chi connectivity index (χ4v) is 3.40. The van der Waals surface area contributed by atoms with Crippen molar-refractivity contribution >= 4 is 24.3 Å². The van der Waals surface area contributed by atoms with E-state index in [0.29, 0.717) is 17.4 Å². The SMILES string of the molecule is Cc1c(C(=O)Nc2nc(C3CCNCC3)nn2C)cnn1-c1ccccc1.Cl. The molecule has 2 aromatic heterocycles. The predicted octanol–water partition coefficient (Wildman–Crippen LogP) is 2.45. The summed E-state index contributed by atoms with van der Waals surface area (Å²) in [7, 11) is 1.80. The first-order valence-corrected chi connectivity index (χ1v) is 9.16. The first-order valence-electron chi connectivity index (χ1n) is 9.16. The van der Waals surface area contributed by atoms with Crippen molar-refractivity contribution < 1.29 is 4.79 Å². The average Bonchev–Trinajstić information content (AvgIpc) is 3.26. The minimum Gasteiger partial charge on any atom is -0.317 e. The predicted molar refractivity (Wildman–Crippen MR) is 109 cm³/mol. The van der Waals surface area contributed by atoms with Crippen molar-refractivity contribution in [2.75, 3.05) is 18.4 Å². The highest BCUT2D eigenvalue weighted by Crippen LogP contribution is 2.23. The Balaban J connectivity index is 0.00000225. The fourth-order valence-electron chi connectivity index (χ4n) is 3.40. The van der Waals surface area contributed by atoms with Crippen LogP contribution in [0.15, 0.2) is 36.5 Å². The first kappa shape index (κ1) is 20.0. The Morgan fingerprint density at radius 3 is 2.64 bits per heavy atom. The maximum Gasteiger partial charge on any atom is 0.261 e. The van der Waals surface area contributed by atoms with E-state index in [1.807, 2.05) is 37.3 Å². The van der Waals surface area contributed by atoms with Crippen LogP contribution < -0.4 is 10.6 Å². The molecule has 0 saturated carbocycles. The maximum absolute atomic E-state index is 12.8. The lowest BCUT2D eigenvalue weighted by Gasteiger charge is -2.19. The van der Waals surface area contributed by atoms with E-state index in [1.54, 1.807) is 22.6 Å². The number of benzene rings is 1. The summed E-state index contributed by atoms with van der Waals surface area (Å²) in [5, 5.41) is 15.1. The number of nitrogens with one attached hydrogen (secondary N) is 2. The largest absolute Gasteiger partial charge is 0.317 e. The van der Waals surface area contributed by atoms with E-state index in [4.69, 9.17) is 0 Å². The number of hydrogen-bond donors (Lipinski definition) is 2. The monoisotopic (exact) mass is 401 g/mol. The number of amides is 1. The quantitative estimate of drug-likeness (QED) is 0.700. The van der Waals surface area contributed by atoms with Gasteiger partial charge in [-0.25, -0.2) is 9.36 Å². The third-order valence-electron chi connectivity index (χ3n) is 4.96. The van der Waals surface area contributed by atoms with Crippen LogP contribution >= 0.6 is 12.4 Å². The zero-order valence-electron chi connectivity index (χ0n) is 15.9. The van der Waals surface area contributed by atoms with Crippen LogP contribution in [-0.4, -0.2) is 43.5 Å². The molecular weight excluding hydrogens is 378 g/mol. The highest BCUT2D eigenvalue weighted by atomic mass is 35.5. The van der Waals surface area contributed by atoms with Gasteiger partial charge in [-0.05, 0) is 45.0 Å². The van der Waals surface area contributed by atoms with Crippen LogP contribution in [0.4, 0.5) is 5.95 Å². The van der Waals surface area contributed by atoms with Gasteiger partial charge in [0.2, 0.25) is 5.95 Å². The number of piperidine rings is 1. The zero-order valence-corrected chi connectivity index (χ0v) is 16.7. The van der Waals surface area contributed by atoms with Crippen LogP contribution in [0.3, 0.4) is 0 Å². The molecule has 28 heavy (non-hydrogen) atoms. The average molecular weight is 402 g/mol. The molecule has 8 nitrogen and oxygen atoms in total. The molecule has 4 rings (SSSR count). The number of nitrogens with zero attached hydrogens (tertiary/aromatic N) is 5. The molecule has 0 unspecified atom stereocenters. The fraction of sp³-hybridized carbons (Fsp3) is 0.368. The van der Waals surface area contributed by atoms with E-state index in [-0.39, 0.29) is 18.3 Å². The van der Waals surface area contributed by atoms with Crippen molar-refractivity contribution in [2.24, 2.45) is 7.05 Å². The lowest BCUT2D eigenvalue weighted by Crippen LogP contribution is -2.27. The number of halogens is 1. The lowest BCUT2D eigenvalue weighted by molar-refractivity contribution is 0.102. The second-order valence-electron chi connectivity index (χ2n) is 6.79. The minimum atomic E-state index is -0.234. The number of aryl methyl sites for hydroxylation is 1. The molecule has 148 valence electrons. The highest BCUT2D eigenvalue weighted by Gasteiger charge is 2.22.